The molecule has 3 heteroatoms. The van der Waals surface area contributed by atoms with Crippen molar-refractivity contribution >= 4 is 15.9 Å². The Morgan fingerprint density at radius 1 is 1.54 bits per heavy atom. The number of hydrogen-bond acceptors (Lipinski definition) is 2. The summed E-state index contributed by atoms with van der Waals surface area (Å²) in [6, 6.07) is 4.06. The van der Waals surface area contributed by atoms with Crippen molar-refractivity contribution in [2.45, 2.75) is 25.8 Å². The number of pyridine rings is 1. The summed E-state index contributed by atoms with van der Waals surface area (Å²) in [7, 11) is 1.98. The standard InChI is InChI=1S/C10H15BrN2/c1-10(2,12-3)7-8-5-4-6-13-9(8)11/h4-6,12H,7H2,1-3H3. The van der Waals surface area contributed by atoms with Crippen molar-refractivity contribution < 1.29 is 0 Å². The second kappa shape index (κ2) is 4.20. The van der Waals surface area contributed by atoms with E-state index in [4.69, 9.17) is 0 Å². The van der Waals surface area contributed by atoms with Gasteiger partial charge in [0.25, 0.3) is 0 Å². The molecule has 0 saturated heterocycles. The molecular weight excluding hydrogens is 228 g/mol. The van der Waals surface area contributed by atoms with E-state index in [-0.39, 0.29) is 5.54 Å². The van der Waals surface area contributed by atoms with Crippen LogP contribution in [0.25, 0.3) is 0 Å². The van der Waals surface area contributed by atoms with Crippen molar-refractivity contribution in [3.8, 4) is 0 Å². The highest BCUT2D eigenvalue weighted by atomic mass is 79.9. The summed E-state index contributed by atoms with van der Waals surface area (Å²) >= 11 is 3.44. The number of aromatic nitrogens is 1. The lowest BCUT2D eigenvalue weighted by atomic mass is 9.96. The predicted octanol–water partition coefficient (Wildman–Crippen LogP) is 2.38. The van der Waals surface area contributed by atoms with Gasteiger partial charge in [0.1, 0.15) is 4.60 Å². The lowest BCUT2D eigenvalue weighted by molar-refractivity contribution is 0.421. The summed E-state index contributed by atoms with van der Waals surface area (Å²) in [4.78, 5) is 4.19. The third kappa shape index (κ3) is 3.08. The van der Waals surface area contributed by atoms with Gasteiger partial charge in [-0.15, -0.1) is 0 Å². The molecule has 13 heavy (non-hydrogen) atoms. The van der Waals surface area contributed by atoms with E-state index < -0.39 is 0 Å². The zero-order valence-electron chi connectivity index (χ0n) is 8.26. The van der Waals surface area contributed by atoms with Crippen LogP contribution in [0.3, 0.4) is 0 Å². The summed E-state index contributed by atoms with van der Waals surface area (Å²) in [5, 5.41) is 3.27. The maximum absolute atomic E-state index is 4.19. The average Bonchev–Trinajstić information content (AvgIpc) is 2.09. The number of likely N-dealkylation sites (N-methyl/N-ethyl adjacent to an activating group) is 1. The number of hydrogen-bond donors (Lipinski definition) is 1. The lowest BCUT2D eigenvalue weighted by Gasteiger charge is -2.24. The van der Waals surface area contributed by atoms with Gasteiger partial charge in [0.05, 0.1) is 0 Å². The topological polar surface area (TPSA) is 24.9 Å². The van der Waals surface area contributed by atoms with Gasteiger partial charge in [-0.3, -0.25) is 0 Å². The second-order valence-corrected chi connectivity index (χ2v) is 4.52. The molecule has 0 unspecified atom stereocenters. The van der Waals surface area contributed by atoms with Crippen molar-refractivity contribution in [3.05, 3.63) is 28.5 Å². The summed E-state index contributed by atoms with van der Waals surface area (Å²) in [6.45, 7) is 4.35. The van der Waals surface area contributed by atoms with Crippen LogP contribution in [0.15, 0.2) is 22.9 Å². The van der Waals surface area contributed by atoms with Crippen molar-refractivity contribution in [3.63, 3.8) is 0 Å². The van der Waals surface area contributed by atoms with Crippen LogP contribution in [-0.2, 0) is 6.42 Å². The molecule has 0 saturated carbocycles. The van der Waals surface area contributed by atoms with Gasteiger partial charge in [0.2, 0.25) is 0 Å². The molecule has 0 aliphatic carbocycles. The van der Waals surface area contributed by atoms with Crippen LogP contribution in [0.5, 0.6) is 0 Å². The number of rotatable bonds is 3. The fourth-order valence-electron chi connectivity index (χ4n) is 1.12. The molecule has 1 heterocycles. The van der Waals surface area contributed by atoms with E-state index in [1.807, 2.05) is 13.1 Å². The quantitative estimate of drug-likeness (QED) is 0.824. The molecule has 0 amide bonds. The number of nitrogens with one attached hydrogen (secondary N) is 1. The van der Waals surface area contributed by atoms with Gasteiger partial charge < -0.3 is 5.32 Å². The van der Waals surface area contributed by atoms with Crippen LogP contribution in [0.1, 0.15) is 19.4 Å². The third-order valence-corrected chi connectivity index (χ3v) is 2.86. The lowest BCUT2D eigenvalue weighted by Crippen LogP contribution is -2.38. The summed E-state index contributed by atoms with van der Waals surface area (Å²) < 4.78 is 0.943. The highest BCUT2D eigenvalue weighted by molar-refractivity contribution is 9.10. The smallest absolute Gasteiger partial charge is 0.109 e. The third-order valence-electron chi connectivity index (χ3n) is 2.15. The fourth-order valence-corrected chi connectivity index (χ4v) is 1.51. The van der Waals surface area contributed by atoms with Crippen LogP contribution in [0.2, 0.25) is 0 Å². The minimum absolute atomic E-state index is 0.117. The SMILES string of the molecule is CNC(C)(C)Cc1cccnc1Br. The zero-order valence-corrected chi connectivity index (χ0v) is 9.85. The fraction of sp³-hybridized carbons (Fsp3) is 0.500. The Morgan fingerprint density at radius 3 is 2.77 bits per heavy atom. The van der Waals surface area contributed by atoms with E-state index in [1.165, 1.54) is 5.56 Å². The van der Waals surface area contributed by atoms with E-state index in [2.05, 4.69) is 46.1 Å². The Morgan fingerprint density at radius 2 is 2.23 bits per heavy atom. The minimum atomic E-state index is 0.117. The first-order chi connectivity index (χ1) is 6.05. The Bertz CT molecular complexity index is 284. The summed E-state index contributed by atoms with van der Waals surface area (Å²) in [5.41, 5.74) is 1.35. The van der Waals surface area contributed by atoms with Gasteiger partial charge in [-0.05, 0) is 54.9 Å². The molecule has 0 spiro atoms. The van der Waals surface area contributed by atoms with Gasteiger partial charge in [-0.1, -0.05) is 6.07 Å². The van der Waals surface area contributed by atoms with Crippen LogP contribution in [-0.4, -0.2) is 17.6 Å². The first kappa shape index (κ1) is 10.7. The van der Waals surface area contributed by atoms with E-state index in [0.717, 1.165) is 11.0 Å². The highest BCUT2D eigenvalue weighted by Crippen LogP contribution is 2.18. The Balaban J connectivity index is 2.80. The molecule has 0 atom stereocenters. The van der Waals surface area contributed by atoms with Crippen molar-refractivity contribution in [2.24, 2.45) is 0 Å². The van der Waals surface area contributed by atoms with Crippen LogP contribution >= 0.6 is 15.9 Å². The monoisotopic (exact) mass is 242 g/mol. The van der Waals surface area contributed by atoms with Gasteiger partial charge in [0, 0.05) is 11.7 Å². The Labute approximate surface area is 87.9 Å². The molecule has 1 aromatic rings. The summed E-state index contributed by atoms with van der Waals surface area (Å²) in [5.74, 6) is 0. The summed E-state index contributed by atoms with van der Waals surface area (Å²) in [6.07, 6.45) is 2.76. The molecular formula is C10H15BrN2. The molecule has 0 radical (unpaired) electrons. The first-order valence-corrected chi connectivity index (χ1v) is 5.13. The molecule has 2 nitrogen and oxygen atoms in total. The van der Waals surface area contributed by atoms with Crippen molar-refractivity contribution in [1.29, 1.82) is 0 Å². The van der Waals surface area contributed by atoms with E-state index in [9.17, 15) is 0 Å². The highest BCUT2D eigenvalue weighted by Gasteiger charge is 2.16. The molecule has 1 N–H and O–H groups in total. The molecule has 72 valence electrons. The molecule has 0 bridgehead atoms. The second-order valence-electron chi connectivity index (χ2n) is 3.76. The maximum Gasteiger partial charge on any atom is 0.109 e. The van der Waals surface area contributed by atoms with Crippen molar-refractivity contribution in [2.75, 3.05) is 7.05 Å². The van der Waals surface area contributed by atoms with Gasteiger partial charge >= 0.3 is 0 Å². The Hall–Kier alpha value is -0.410. The van der Waals surface area contributed by atoms with Crippen LogP contribution in [0, 0.1) is 0 Å². The molecule has 0 fully saturated rings. The number of nitrogens with zero attached hydrogens (tertiary/aromatic N) is 1. The van der Waals surface area contributed by atoms with E-state index in [0.29, 0.717) is 0 Å². The molecule has 1 rings (SSSR count). The molecule has 0 aromatic carbocycles. The predicted molar refractivity (Wildman–Crippen MR) is 58.8 cm³/mol. The normalized spacial score (nSPS) is 11.7. The van der Waals surface area contributed by atoms with Crippen molar-refractivity contribution in [1.82, 2.24) is 10.3 Å². The van der Waals surface area contributed by atoms with Gasteiger partial charge in [-0.2, -0.15) is 0 Å². The largest absolute Gasteiger partial charge is 0.314 e. The van der Waals surface area contributed by atoms with E-state index in [1.54, 1.807) is 6.20 Å². The van der Waals surface area contributed by atoms with Crippen LogP contribution < -0.4 is 5.32 Å². The molecule has 0 aliphatic rings. The molecule has 1 aromatic heterocycles. The maximum atomic E-state index is 4.19. The van der Waals surface area contributed by atoms with Gasteiger partial charge in [0.15, 0.2) is 0 Å². The zero-order chi connectivity index (χ0) is 9.90. The number of halogens is 1. The molecule has 0 aliphatic heterocycles. The first-order valence-electron chi connectivity index (χ1n) is 4.33. The average molecular weight is 243 g/mol. The van der Waals surface area contributed by atoms with Gasteiger partial charge in [-0.25, -0.2) is 4.98 Å². The van der Waals surface area contributed by atoms with E-state index >= 15 is 0 Å². The van der Waals surface area contributed by atoms with Crippen LogP contribution in [0.4, 0.5) is 0 Å². The minimum Gasteiger partial charge on any atom is -0.314 e. The Kier molecular flexibility index (Phi) is 3.45.